The van der Waals surface area contributed by atoms with Crippen LogP contribution in [0.1, 0.15) is 26.2 Å². The molecule has 1 fully saturated rings. The van der Waals surface area contributed by atoms with Crippen molar-refractivity contribution < 1.29 is 14.3 Å². The van der Waals surface area contributed by atoms with E-state index < -0.39 is 0 Å². The van der Waals surface area contributed by atoms with E-state index in [0.717, 1.165) is 76.5 Å². The highest BCUT2D eigenvalue weighted by atomic mass is 32.2. The first-order valence-electron chi connectivity index (χ1n) is 11.9. The largest absolute Gasteiger partial charge is 0.454 e. The number of aryl methyl sites for hydroxylation is 1. The van der Waals surface area contributed by atoms with Crippen LogP contribution in [-0.2, 0) is 11.3 Å². The minimum atomic E-state index is 0.158. The van der Waals surface area contributed by atoms with E-state index in [-0.39, 0.29) is 12.7 Å². The van der Waals surface area contributed by atoms with Crippen molar-refractivity contribution >= 4 is 46.0 Å². The Morgan fingerprint density at radius 3 is 2.78 bits per heavy atom. The maximum atomic E-state index is 11.7. The van der Waals surface area contributed by atoms with E-state index in [4.69, 9.17) is 20.2 Å². The molecular formula is C25H26N6O3S2. The highest BCUT2D eigenvalue weighted by Crippen LogP contribution is 2.46. The fraction of sp³-hybridized carbons (Fsp3) is 0.360. The van der Waals surface area contributed by atoms with Crippen molar-refractivity contribution in [3.63, 3.8) is 0 Å². The number of aromatic nitrogens is 4. The van der Waals surface area contributed by atoms with Gasteiger partial charge in [-0.05, 0) is 48.8 Å². The van der Waals surface area contributed by atoms with Crippen LogP contribution in [0.2, 0.25) is 0 Å². The van der Waals surface area contributed by atoms with Gasteiger partial charge in [-0.15, -0.1) is 11.3 Å². The number of carbonyl (C=O) groups excluding carboxylic acids is 1. The number of likely N-dealkylation sites (tertiary alicyclic amines) is 1. The van der Waals surface area contributed by atoms with Gasteiger partial charge in [0.1, 0.15) is 6.33 Å². The Kier molecular flexibility index (Phi) is 6.18. The van der Waals surface area contributed by atoms with Gasteiger partial charge in [0.2, 0.25) is 12.7 Å². The van der Waals surface area contributed by atoms with Gasteiger partial charge in [0.25, 0.3) is 0 Å². The minimum absolute atomic E-state index is 0.158. The molecule has 0 spiro atoms. The van der Waals surface area contributed by atoms with E-state index in [1.165, 1.54) is 6.33 Å². The summed E-state index contributed by atoms with van der Waals surface area (Å²) in [6.45, 7) is 4.27. The summed E-state index contributed by atoms with van der Waals surface area (Å²) in [6, 6.07) is 8.22. The topological polar surface area (TPSA) is 108 Å². The Labute approximate surface area is 216 Å². The molecule has 2 aliphatic rings. The predicted molar refractivity (Wildman–Crippen MR) is 139 cm³/mol. The standard InChI is InChI=1S/C25H26N6O3S2/c1-15(32)30-7-4-16(5-8-30)6-9-31-24-22(23(26)27-13-28-24)29-25(31)36-21-12-19-18(33-14-34-19)11-17(21)20-3-2-10-35-20/h2-3,10-13,16H,4-9,14H2,1H3,(H2,26,27,28). The summed E-state index contributed by atoms with van der Waals surface area (Å²) in [6.07, 6.45) is 4.49. The second-order valence-electron chi connectivity index (χ2n) is 9.00. The Balaban J connectivity index is 1.33. The monoisotopic (exact) mass is 522 g/mol. The van der Waals surface area contributed by atoms with Gasteiger partial charge < -0.3 is 24.7 Å². The molecule has 0 radical (unpaired) electrons. The lowest BCUT2D eigenvalue weighted by Crippen LogP contribution is -2.37. The highest BCUT2D eigenvalue weighted by molar-refractivity contribution is 7.99. The number of carbonyl (C=O) groups is 1. The molecule has 11 heteroatoms. The number of thiophene rings is 1. The molecule has 36 heavy (non-hydrogen) atoms. The van der Waals surface area contributed by atoms with Crippen molar-refractivity contribution in [1.29, 1.82) is 0 Å². The molecule has 2 aliphatic heterocycles. The average Bonchev–Trinajstić information content (AvgIpc) is 3.63. The van der Waals surface area contributed by atoms with E-state index in [1.54, 1.807) is 30.0 Å². The van der Waals surface area contributed by atoms with Crippen LogP contribution in [-0.4, -0.2) is 50.2 Å². The average molecular weight is 523 g/mol. The van der Waals surface area contributed by atoms with Gasteiger partial charge in [-0.1, -0.05) is 17.8 Å². The summed E-state index contributed by atoms with van der Waals surface area (Å²) < 4.78 is 13.5. The number of fused-ring (bicyclic) bond motifs is 2. The Morgan fingerprint density at radius 1 is 1.22 bits per heavy atom. The third-order valence-electron chi connectivity index (χ3n) is 6.81. The normalized spacial score (nSPS) is 15.6. The van der Waals surface area contributed by atoms with Gasteiger partial charge in [-0.2, -0.15) is 0 Å². The van der Waals surface area contributed by atoms with Gasteiger partial charge in [0.05, 0.1) is 0 Å². The summed E-state index contributed by atoms with van der Waals surface area (Å²) in [4.78, 5) is 29.4. The highest BCUT2D eigenvalue weighted by Gasteiger charge is 2.24. The lowest BCUT2D eigenvalue weighted by molar-refractivity contribution is -0.130. The molecule has 0 bridgehead atoms. The van der Waals surface area contributed by atoms with E-state index in [2.05, 4.69) is 26.0 Å². The lowest BCUT2D eigenvalue weighted by Gasteiger charge is -2.31. The summed E-state index contributed by atoms with van der Waals surface area (Å²) in [7, 11) is 0. The smallest absolute Gasteiger partial charge is 0.231 e. The number of benzene rings is 1. The van der Waals surface area contributed by atoms with Crippen molar-refractivity contribution in [1.82, 2.24) is 24.4 Å². The third-order valence-corrected chi connectivity index (χ3v) is 8.76. The zero-order chi connectivity index (χ0) is 24.6. The molecule has 186 valence electrons. The summed E-state index contributed by atoms with van der Waals surface area (Å²) in [5.41, 5.74) is 8.62. The van der Waals surface area contributed by atoms with Gasteiger partial charge in [0.15, 0.2) is 33.6 Å². The van der Waals surface area contributed by atoms with E-state index in [9.17, 15) is 4.79 Å². The number of ether oxygens (including phenoxy) is 2. The number of rotatable bonds is 6. The molecule has 3 aromatic heterocycles. The summed E-state index contributed by atoms with van der Waals surface area (Å²) in [5, 5.41) is 2.88. The number of anilines is 1. The second-order valence-corrected chi connectivity index (χ2v) is 11.0. The Bertz CT molecular complexity index is 1410. The van der Waals surface area contributed by atoms with Gasteiger partial charge in [-0.3, -0.25) is 4.79 Å². The second kappa shape index (κ2) is 9.62. The van der Waals surface area contributed by atoms with Crippen molar-refractivity contribution in [2.75, 3.05) is 25.6 Å². The first-order chi connectivity index (χ1) is 17.6. The molecule has 4 aromatic rings. The minimum Gasteiger partial charge on any atom is -0.454 e. The van der Waals surface area contributed by atoms with Crippen LogP contribution >= 0.6 is 23.1 Å². The molecule has 9 nitrogen and oxygen atoms in total. The number of imidazole rings is 1. The fourth-order valence-electron chi connectivity index (χ4n) is 4.79. The molecule has 6 rings (SSSR count). The first kappa shape index (κ1) is 23.1. The van der Waals surface area contributed by atoms with Crippen LogP contribution in [0.3, 0.4) is 0 Å². The van der Waals surface area contributed by atoms with Crippen LogP contribution in [0.4, 0.5) is 5.82 Å². The number of nitrogen functional groups attached to an aromatic ring is 1. The number of nitrogens with two attached hydrogens (primary N) is 1. The fourth-order valence-corrected chi connectivity index (χ4v) is 6.68. The quantitative estimate of drug-likeness (QED) is 0.389. The van der Waals surface area contributed by atoms with Gasteiger partial charge in [-0.25, -0.2) is 15.0 Å². The first-order valence-corrected chi connectivity index (χ1v) is 13.6. The molecule has 1 saturated heterocycles. The Hall–Kier alpha value is -3.31. The SMILES string of the molecule is CC(=O)N1CCC(CCn2c(Sc3cc4c(cc3-c3cccs3)OCO4)nc3c(N)ncnc32)CC1. The predicted octanol–water partition coefficient (Wildman–Crippen LogP) is 4.67. The molecule has 0 aliphatic carbocycles. The van der Waals surface area contributed by atoms with E-state index >= 15 is 0 Å². The van der Waals surface area contributed by atoms with Crippen molar-refractivity contribution in [3.05, 3.63) is 36.0 Å². The van der Waals surface area contributed by atoms with Gasteiger partial charge >= 0.3 is 0 Å². The molecule has 5 heterocycles. The molecule has 1 aromatic carbocycles. The summed E-state index contributed by atoms with van der Waals surface area (Å²) in [5.74, 6) is 2.56. The van der Waals surface area contributed by atoms with Crippen LogP contribution in [0.15, 0.2) is 46.0 Å². The number of piperidine rings is 1. The zero-order valence-electron chi connectivity index (χ0n) is 19.8. The Morgan fingerprint density at radius 2 is 2.03 bits per heavy atom. The van der Waals surface area contributed by atoms with Crippen molar-refractivity contribution in [3.8, 4) is 21.9 Å². The molecule has 0 unspecified atom stereocenters. The molecule has 2 N–H and O–H groups in total. The third kappa shape index (κ3) is 4.37. The zero-order valence-corrected chi connectivity index (χ0v) is 21.5. The summed E-state index contributed by atoms with van der Waals surface area (Å²) >= 11 is 3.26. The maximum Gasteiger partial charge on any atom is 0.231 e. The van der Waals surface area contributed by atoms with Crippen LogP contribution in [0.25, 0.3) is 21.6 Å². The molecular weight excluding hydrogens is 496 g/mol. The number of hydrogen-bond acceptors (Lipinski definition) is 9. The number of amides is 1. The van der Waals surface area contributed by atoms with E-state index in [0.29, 0.717) is 17.3 Å². The van der Waals surface area contributed by atoms with Crippen LogP contribution < -0.4 is 15.2 Å². The van der Waals surface area contributed by atoms with Crippen LogP contribution in [0.5, 0.6) is 11.5 Å². The number of nitrogens with zero attached hydrogens (tertiary/aromatic N) is 5. The maximum absolute atomic E-state index is 11.7. The van der Waals surface area contributed by atoms with Gasteiger partial charge in [0, 0.05) is 41.9 Å². The van der Waals surface area contributed by atoms with Crippen molar-refractivity contribution in [2.24, 2.45) is 5.92 Å². The lowest BCUT2D eigenvalue weighted by atomic mass is 9.93. The molecule has 0 saturated carbocycles. The van der Waals surface area contributed by atoms with E-state index in [1.807, 2.05) is 23.1 Å². The molecule has 0 atom stereocenters. The number of hydrogen-bond donors (Lipinski definition) is 1. The molecule has 1 amide bonds. The van der Waals surface area contributed by atoms with Crippen LogP contribution in [0, 0.1) is 5.92 Å². The van der Waals surface area contributed by atoms with Crippen molar-refractivity contribution in [2.45, 2.75) is 42.8 Å².